The molecule has 0 spiro atoms. The van der Waals surface area contributed by atoms with Crippen molar-refractivity contribution in [2.45, 2.75) is 59.0 Å². The summed E-state index contributed by atoms with van der Waals surface area (Å²) in [6.45, 7) is 6.30. The van der Waals surface area contributed by atoms with Gasteiger partial charge in [0.2, 0.25) is 0 Å². The van der Waals surface area contributed by atoms with E-state index in [2.05, 4.69) is 0 Å². The van der Waals surface area contributed by atoms with Crippen molar-refractivity contribution in [3.05, 3.63) is 24.2 Å². The fourth-order valence-corrected chi connectivity index (χ4v) is 7.17. The lowest BCUT2D eigenvalue weighted by Crippen LogP contribution is -2.66. The molecule has 3 aliphatic rings. The molecular formula is C25H34O7. The van der Waals surface area contributed by atoms with Crippen molar-refractivity contribution in [2.24, 2.45) is 34.0 Å². The van der Waals surface area contributed by atoms with E-state index in [0.717, 1.165) is 5.56 Å². The van der Waals surface area contributed by atoms with Gasteiger partial charge >= 0.3 is 11.9 Å². The number of fused-ring (bicyclic) bond motifs is 3. The number of carbonyl (C=O) groups excluding carboxylic acids is 3. The third-order valence-corrected chi connectivity index (χ3v) is 8.93. The lowest BCUT2D eigenvalue weighted by Gasteiger charge is -2.63. The molecule has 0 N–H and O–H groups in total. The Balaban J connectivity index is 1.85. The van der Waals surface area contributed by atoms with E-state index in [1.807, 2.05) is 20.8 Å². The van der Waals surface area contributed by atoms with Crippen LogP contribution in [0.1, 0.15) is 64.5 Å². The first-order valence-electron chi connectivity index (χ1n) is 11.5. The lowest BCUT2D eigenvalue weighted by atomic mass is 9.40. The molecule has 1 aromatic heterocycles. The quantitative estimate of drug-likeness (QED) is 0.629. The molecule has 2 saturated carbocycles. The van der Waals surface area contributed by atoms with Crippen molar-refractivity contribution in [3.63, 3.8) is 0 Å². The Morgan fingerprint density at radius 2 is 1.94 bits per heavy atom. The predicted octanol–water partition coefficient (Wildman–Crippen LogP) is 4.11. The minimum Gasteiger partial charge on any atom is -0.472 e. The molecule has 1 aliphatic heterocycles. The molecule has 7 nitrogen and oxygen atoms in total. The van der Waals surface area contributed by atoms with Crippen molar-refractivity contribution in [3.8, 4) is 0 Å². The molecule has 7 heteroatoms. The zero-order chi connectivity index (χ0) is 23.3. The Morgan fingerprint density at radius 3 is 2.53 bits per heavy atom. The lowest BCUT2D eigenvalue weighted by molar-refractivity contribution is -0.211. The summed E-state index contributed by atoms with van der Waals surface area (Å²) in [5, 5.41) is 0. The topological polar surface area (TPSA) is 92.0 Å². The first-order chi connectivity index (χ1) is 15.2. The van der Waals surface area contributed by atoms with Gasteiger partial charge in [-0.15, -0.1) is 0 Å². The van der Waals surface area contributed by atoms with Crippen molar-refractivity contribution in [1.29, 1.82) is 0 Å². The van der Waals surface area contributed by atoms with Gasteiger partial charge in [0, 0.05) is 18.6 Å². The van der Waals surface area contributed by atoms with Crippen LogP contribution in [-0.2, 0) is 28.6 Å². The van der Waals surface area contributed by atoms with E-state index in [0.29, 0.717) is 32.1 Å². The summed E-state index contributed by atoms with van der Waals surface area (Å²) < 4.78 is 21.8. The molecule has 2 heterocycles. The summed E-state index contributed by atoms with van der Waals surface area (Å²) in [7, 11) is 2.99. The van der Waals surface area contributed by atoms with Crippen LogP contribution in [-0.4, -0.2) is 38.5 Å². The number of furan rings is 1. The average molecular weight is 447 g/mol. The third kappa shape index (κ3) is 3.15. The van der Waals surface area contributed by atoms with Gasteiger partial charge in [-0.3, -0.25) is 14.4 Å². The first-order valence-corrected chi connectivity index (χ1v) is 11.5. The summed E-state index contributed by atoms with van der Waals surface area (Å²) in [5.74, 6) is -1.75. The number of hydrogen-bond acceptors (Lipinski definition) is 7. The van der Waals surface area contributed by atoms with E-state index in [-0.39, 0.29) is 30.2 Å². The number of carbonyl (C=O) groups is 3. The van der Waals surface area contributed by atoms with Crippen LogP contribution in [0.25, 0.3) is 0 Å². The van der Waals surface area contributed by atoms with Crippen LogP contribution < -0.4 is 0 Å². The van der Waals surface area contributed by atoms with Gasteiger partial charge in [0.1, 0.15) is 11.9 Å². The standard InChI is InChI=1S/C25H34O7/c1-6-25(14-29-4)11-17(21(27)30-5)23(2)9-7-16-22(28)32-18(15-8-10-31-13-15)12-24(16,3)19(23)20(25)26/h8,10,13,16-19H,6-7,9,11-12,14H2,1-5H3/t16-,17+,18+,19+,23+,24+,25-/m1/s1. The maximum Gasteiger partial charge on any atom is 0.310 e. The maximum atomic E-state index is 14.3. The second-order valence-electron chi connectivity index (χ2n) is 10.4. The fourth-order valence-electron chi connectivity index (χ4n) is 7.17. The zero-order valence-electron chi connectivity index (χ0n) is 19.6. The highest BCUT2D eigenvalue weighted by Crippen LogP contribution is 2.67. The SMILES string of the molecule is CC[C@]1(COC)C[C@@H](C(=O)OC)[C@]2(C)CC[C@@H]3C(=O)O[C@H](c4ccoc4)C[C@]3(C)[C@H]2C1=O. The summed E-state index contributed by atoms with van der Waals surface area (Å²) in [6.07, 6.45) is 5.34. The van der Waals surface area contributed by atoms with Gasteiger partial charge in [-0.2, -0.15) is 0 Å². The molecule has 3 fully saturated rings. The first kappa shape index (κ1) is 23.0. The van der Waals surface area contributed by atoms with Crippen LogP contribution >= 0.6 is 0 Å². The normalized spacial score (nSPS) is 41.4. The number of hydrogen-bond donors (Lipinski definition) is 0. The van der Waals surface area contributed by atoms with Crippen LogP contribution in [0.2, 0.25) is 0 Å². The van der Waals surface area contributed by atoms with Crippen LogP contribution in [0.5, 0.6) is 0 Å². The Hall–Kier alpha value is -2.15. The van der Waals surface area contributed by atoms with Crippen molar-refractivity contribution < 1.29 is 33.0 Å². The minimum atomic E-state index is -0.783. The van der Waals surface area contributed by atoms with Gasteiger partial charge in [0.25, 0.3) is 0 Å². The van der Waals surface area contributed by atoms with E-state index in [1.165, 1.54) is 7.11 Å². The van der Waals surface area contributed by atoms with Gasteiger partial charge in [0.05, 0.1) is 43.5 Å². The number of cyclic esters (lactones) is 1. The van der Waals surface area contributed by atoms with Crippen LogP contribution in [0.3, 0.4) is 0 Å². The molecule has 0 amide bonds. The highest BCUT2D eigenvalue weighted by atomic mass is 16.5. The molecule has 1 aromatic rings. The Labute approximate surface area is 189 Å². The van der Waals surface area contributed by atoms with Crippen LogP contribution in [0.4, 0.5) is 0 Å². The largest absolute Gasteiger partial charge is 0.472 e. The number of esters is 2. The highest BCUT2D eigenvalue weighted by Gasteiger charge is 2.69. The third-order valence-electron chi connectivity index (χ3n) is 8.93. The molecule has 0 radical (unpaired) electrons. The van der Waals surface area contributed by atoms with Gasteiger partial charge in [-0.25, -0.2) is 0 Å². The Morgan fingerprint density at radius 1 is 1.19 bits per heavy atom. The molecule has 0 bridgehead atoms. The highest BCUT2D eigenvalue weighted by molar-refractivity contribution is 5.93. The molecule has 1 saturated heterocycles. The van der Waals surface area contributed by atoms with Crippen LogP contribution in [0.15, 0.2) is 23.0 Å². The number of ether oxygens (including phenoxy) is 3. The van der Waals surface area contributed by atoms with Gasteiger partial charge in [-0.1, -0.05) is 20.8 Å². The predicted molar refractivity (Wildman–Crippen MR) is 114 cm³/mol. The van der Waals surface area contributed by atoms with E-state index in [4.69, 9.17) is 18.6 Å². The van der Waals surface area contributed by atoms with E-state index in [1.54, 1.807) is 25.7 Å². The van der Waals surface area contributed by atoms with Gasteiger partial charge < -0.3 is 18.6 Å². The van der Waals surface area contributed by atoms with E-state index in [9.17, 15) is 14.4 Å². The minimum absolute atomic E-state index is 0.109. The van der Waals surface area contributed by atoms with E-state index < -0.39 is 34.2 Å². The molecule has 0 unspecified atom stereocenters. The summed E-state index contributed by atoms with van der Waals surface area (Å²) in [4.78, 5) is 40.5. The summed E-state index contributed by atoms with van der Waals surface area (Å²) in [6, 6.07) is 1.80. The number of Topliss-reactive ketones (excluding diaryl/α,β-unsaturated/α-hetero) is 1. The number of ketones is 1. The number of methoxy groups -OCH3 is 2. The molecule has 4 rings (SSSR count). The van der Waals surface area contributed by atoms with Crippen molar-refractivity contribution >= 4 is 17.7 Å². The average Bonchev–Trinajstić information content (AvgIpc) is 3.29. The van der Waals surface area contributed by atoms with Crippen molar-refractivity contribution in [1.82, 2.24) is 0 Å². The molecule has 2 aliphatic carbocycles. The number of rotatable bonds is 5. The molecule has 176 valence electrons. The Bertz CT molecular complexity index is 892. The second-order valence-corrected chi connectivity index (χ2v) is 10.4. The fraction of sp³-hybridized carbons (Fsp3) is 0.720. The molecule has 7 atom stereocenters. The summed E-state index contributed by atoms with van der Waals surface area (Å²) in [5.41, 5.74) is -1.24. The van der Waals surface area contributed by atoms with Crippen LogP contribution in [0, 0.1) is 34.0 Å². The van der Waals surface area contributed by atoms with Gasteiger partial charge in [0.15, 0.2) is 0 Å². The molecule has 32 heavy (non-hydrogen) atoms. The second kappa shape index (κ2) is 8.01. The monoisotopic (exact) mass is 446 g/mol. The molecular weight excluding hydrogens is 412 g/mol. The van der Waals surface area contributed by atoms with Gasteiger partial charge in [-0.05, 0) is 49.0 Å². The summed E-state index contributed by atoms with van der Waals surface area (Å²) >= 11 is 0. The van der Waals surface area contributed by atoms with Crippen molar-refractivity contribution in [2.75, 3.05) is 20.8 Å². The Kier molecular flexibility index (Phi) is 5.76. The zero-order valence-corrected chi connectivity index (χ0v) is 19.6. The van der Waals surface area contributed by atoms with E-state index >= 15 is 0 Å². The molecule has 0 aromatic carbocycles. The smallest absolute Gasteiger partial charge is 0.310 e. The maximum absolute atomic E-state index is 14.3.